The third kappa shape index (κ3) is 2.92. The van der Waals surface area contributed by atoms with Gasteiger partial charge in [0.2, 0.25) is 0 Å². The molecule has 19 heavy (non-hydrogen) atoms. The van der Waals surface area contributed by atoms with Crippen LogP contribution >= 0.6 is 0 Å². The third-order valence-corrected chi connectivity index (χ3v) is 3.31. The van der Waals surface area contributed by atoms with Crippen molar-refractivity contribution < 1.29 is 23.4 Å². The number of aliphatic hydroxyl groups is 2. The van der Waals surface area contributed by atoms with Crippen molar-refractivity contribution in [1.29, 1.82) is 0 Å². The van der Waals surface area contributed by atoms with Crippen LogP contribution in [0.2, 0.25) is 0 Å². The van der Waals surface area contributed by atoms with Crippen molar-refractivity contribution in [3.05, 3.63) is 34.4 Å². The number of halogens is 3. The molecular weight excluding hydrogens is 257 g/mol. The van der Waals surface area contributed by atoms with E-state index in [9.17, 15) is 23.4 Å². The van der Waals surface area contributed by atoms with Crippen molar-refractivity contribution >= 4 is 0 Å². The van der Waals surface area contributed by atoms with E-state index in [2.05, 4.69) is 0 Å². The lowest BCUT2D eigenvalue weighted by atomic mass is 9.84. The van der Waals surface area contributed by atoms with Crippen molar-refractivity contribution in [2.24, 2.45) is 0 Å². The van der Waals surface area contributed by atoms with E-state index in [1.165, 1.54) is 26.8 Å². The van der Waals surface area contributed by atoms with Gasteiger partial charge in [0, 0.05) is 0 Å². The SMILES string of the molecule is Cc1cc(C)c(C(C)(O)C(F)(F)F)cc1C(C)(C)O. The third-order valence-electron chi connectivity index (χ3n) is 3.31. The lowest BCUT2D eigenvalue weighted by molar-refractivity contribution is -0.259. The average Bonchev–Trinajstić information content (AvgIpc) is 2.12. The second-order valence-corrected chi connectivity index (χ2v) is 5.61. The lowest BCUT2D eigenvalue weighted by Gasteiger charge is -2.31. The molecule has 0 fully saturated rings. The summed E-state index contributed by atoms with van der Waals surface area (Å²) in [5, 5.41) is 19.8. The highest BCUT2D eigenvalue weighted by atomic mass is 19.4. The molecule has 0 radical (unpaired) electrons. The van der Waals surface area contributed by atoms with Gasteiger partial charge in [0.15, 0.2) is 5.60 Å². The zero-order chi connectivity index (χ0) is 15.2. The largest absolute Gasteiger partial charge is 0.421 e. The van der Waals surface area contributed by atoms with Gasteiger partial charge in [0.1, 0.15) is 0 Å². The monoisotopic (exact) mass is 276 g/mol. The molecule has 108 valence electrons. The highest BCUT2D eigenvalue weighted by molar-refractivity contribution is 5.42. The lowest BCUT2D eigenvalue weighted by Crippen LogP contribution is -2.40. The summed E-state index contributed by atoms with van der Waals surface area (Å²) in [6.45, 7) is 6.94. The first kappa shape index (κ1) is 16.0. The average molecular weight is 276 g/mol. The second kappa shape index (κ2) is 4.49. The molecule has 1 aromatic carbocycles. The van der Waals surface area contributed by atoms with Gasteiger partial charge in [-0.15, -0.1) is 0 Å². The maximum absolute atomic E-state index is 12.9. The minimum absolute atomic E-state index is 0.234. The summed E-state index contributed by atoms with van der Waals surface area (Å²) in [5.74, 6) is 0. The summed E-state index contributed by atoms with van der Waals surface area (Å²) in [5.41, 5.74) is -3.04. The summed E-state index contributed by atoms with van der Waals surface area (Å²) in [6, 6.07) is 2.78. The van der Waals surface area contributed by atoms with Crippen molar-refractivity contribution in [3.8, 4) is 0 Å². The second-order valence-electron chi connectivity index (χ2n) is 5.61. The Bertz CT molecular complexity index is 483. The summed E-state index contributed by atoms with van der Waals surface area (Å²) in [4.78, 5) is 0. The van der Waals surface area contributed by atoms with Crippen LogP contribution in [0.25, 0.3) is 0 Å². The minimum atomic E-state index is -4.77. The fraction of sp³-hybridized carbons (Fsp3) is 0.571. The van der Waals surface area contributed by atoms with E-state index in [-0.39, 0.29) is 5.56 Å². The van der Waals surface area contributed by atoms with Crippen molar-refractivity contribution in [2.75, 3.05) is 0 Å². The Hall–Kier alpha value is -1.07. The molecule has 0 spiro atoms. The van der Waals surface area contributed by atoms with E-state index in [1.807, 2.05) is 0 Å². The maximum atomic E-state index is 12.9. The molecule has 0 aliphatic heterocycles. The zero-order valence-electron chi connectivity index (χ0n) is 11.7. The van der Waals surface area contributed by atoms with Gasteiger partial charge < -0.3 is 10.2 Å². The number of benzene rings is 1. The van der Waals surface area contributed by atoms with Gasteiger partial charge in [0.05, 0.1) is 5.60 Å². The number of hydrogen-bond acceptors (Lipinski definition) is 2. The molecule has 1 unspecified atom stereocenters. The van der Waals surface area contributed by atoms with Crippen LogP contribution in [0, 0.1) is 13.8 Å². The van der Waals surface area contributed by atoms with Gasteiger partial charge >= 0.3 is 6.18 Å². The molecule has 2 N–H and O–H groups in total. The van der Waals surface area contributed by atoms with Crippen molar-refractivity contribution in [3.63, 3.8) is 0 Å². The first-order valence-corrected chi connectivity index (χ1v) is 5.92. The molecule has 2 nitrogen and oxygen atoms in total. The highest BCUT2D eigenvalue weighted by Crippen LogP contribution is 2.41. The van der Waals surface area contributed by atoms with E-state index >= 15 is 0 Å². The molecule has 0 aromatic heterocycles. The number of aryl methyl sites for hydroxylation is 2. The summed E-state index contributed by atoms with van der Waals surface area (Å²) >= 11 is 0. The molecule has 0 bridgehead atoms. The van der Waals surface area contributed by atoms with E-state index in [1.54, 1.807) is 13.0 Å². The molecule has 0 aliphatic rings. The van der Waals surface area contributed by atoms with E-state index in [0.29, 0.717) is 16.7 Å². The summed E-state index contributed by atoms with van der Waals surface area (Å²) in [6.07, 6.45) is -4.77. The molecule has 0 saturated carbocycles. The topological polar surface area (TPSA) is 40.5 Å². The smallest absolute Gasteiger partial charge is 0.386 e. The summed E-state index contributed by atoms with van der Waals surface area (Å²) < 4.78 is 38.7. The normalized spacial score (nSPS) is 16.3. The Morgan fingerprint density at radius 2 is 1.26 bits per heavy atom. The van der Waals surface area contributed by atoms with Crippen LogP contribution < -0.4 is 0 Å². The summed E-state index contributed by atoms with van der Waals surface area (Å²) in [7, 11) is 0. The Morgan fingerprint density at radius 3 is 1.63 bits per heavy atom. The number of rotatable bonds is 2. The molecule has 1 atom stereocenters. The van der Waals surface area contributed by atoms with Gasteiger partial charge in [-0.1, -0.05) is 6.07 Å². The minimum Gasteiger partial charge on any atom is -0.386 e. The van der Waals surface area contributed by atoms with Gasteiger partial charge in [-0.05, 0) is 62.9 Å². The predicted octanol–water partition coefficient (Wildman–Crippen LogP) is 3.30. The van der Waals surface area contributed by atoms with Crippen molar-refractivity contribution in [2.45, 2.75) is 52.0 Å². The van der Waals surface area contributed by atoms with Crippen LogP contribution in [0.5, 0.6) is 0 Å². The van der Waals surface area contributed by atoms with E-state index < -0.39 is 17.4 Å². The molecule has 0 heterocycles. The maximum Gasteiger partial charge on any atom is 0.421 e. The van der Waals surface area contributed by atoms with Gasteiger partial charge in [0.25, 0.3) is 0 Å². The first-order chi connectivity index (χ1) is 8.28. The van der Waals surface area contributed by atoms with Gasteiger partial charge in [-0.25, -0.2) is 0 Å². The van der Waals surface area contributed by atoms with Crippen molar-refractivity contribution in [1.82, 2.24) is 0 Å². The van der Waals surface area contributed by atoms with Crippen LogP contribution in [0.1, 0.15) is 43.0 Å². The Labute approximate surface area is 110 Å². The van der Waals surface area contributed by atoms with Crippen LogP contribution in [0.3, 0.4) is 0 Å². The van der Waals surface area contributed by atoms with Crippen LogP contribution in [0.4, 0.5) is 13.2 Å². The van der Waals surface area contributed by atoms with Gasteiger partial charge in [-0.2, -0.15) is 13.2 Å². The highest BCUT2D eigenvalue weighted by Gasteiger charge is 2.52. The number of alkyl halides is 3. The first-order valence-electron chi connectivity index (χ1n) is 5.92. The molecule has 5 heteroatoms. The number of hydrogen-bond donors (Lipinski definition) is 2. The molecule has 1 aromatic rings. The molecule has 0 amide bonds. The predicted molar refractivity (Wildman–Crippen MR) is 66.8 cm³/mol. The molecular formula is C14H19F3O2. The van der Waals surface area contributed by atoms with E-state index in [0.717, 1.165) is 6.92 Å². The Morgan fingerprint density at radius 1 is 0.842 bits per heavy atom. The van der Waals surface area contributed by atoms with E-state index in [4.69, 9.17) is 0 Å². The molecule has 0 saturated heterocycles. The Balaban J connectivity index is 3.55. The standard InChI is InChI=1S/C14H19F3O2/c1-8-6-9(2)11(7-10(8)12(3,4)18)13(5,19)14(15,16)17/h6-7,18-19H,1-5H3. The Kier molecular flexibility index (Phi) is 3.78. The van der Waals surface area contributed by atoms with Crippen LogP contribution in [-0.4, -0.2) is 16.4 Å². The molecule has 1 rings (SSSR count). The van der Waals surface area contributed by atoms with Gasteiger partial charge in [-0.3, -0.25) is 0 Å². The zero-order valence-corrected chi connectivity index (χ0v) is 11.7. The van der Waals surface area contributed by atoms with Crippen LogP contribution in [-0.2, 0) is 11.2 Å². The fourth-order valence-corrected chi connectivity index (χ4v) is 2.19. The fourth-order valence-electron chi connectivity index (χ4n) is 2.19. The quantitative estimate of drug-likeness (QED) is 0.870. The van der Waals surface area contributed by atoms with Crippen LogP contribution in [0.15, 0.2) is 12.1 Å². The molecule has 0 aliphatic carbocycles.